The topological polar surface area (TPSA) is 104 Å². The molecule has 1 aromatic carbocycles. The Labute approximate surface area is 184 Å². The first-order valence-electron chi connectivity index (χ1n) is 10.1. The number of hydrogen-bond donors (Lipinski definition) is 2. The van der Waals surface area contributed by atoms with Crippen LogP contribution < -0.4 is 11.1 Å². The van der Waals surface area contributed by atoms with Gasteiger partial charge in [0.15, 0.2) is 11.5 Å². The molecular weight excluding hydrogens is 402 g/mol. The third-order valence-corrected chi connectivity index (χ3v) is 5.32. The molecule has 0 saturated carbocycles. The summed E-state index contributed by atoms with van der Waals surface area (Å²) >= 11 is 0. The molecule has 158 valence electrons. The average Bonchev–Trinajstić information content (AvgIpc) is 3.42. The molecule has 4 aromatic heterocycles. The SMILES string of the molecule is Cn1cccc1C(=O)NCc1ccc(-n2c(-c3cccnc3N)nc3cccnc32)cc1. The first-order valence-corrected chi connectivity index (χ1v) is 10.1. The van der Waals surface area contributed by atoms with Crippen molar-refractivity contribution in [1.29, 1.82) is 0 Å². The lowest BCUT2D eigenvalue weighted by Crippen LogP contribution is -2.24. The highest BCUT2D eigenvalue weighted by atomic mass is 16.1. The van der Waals surface area contributed by atoms with E-state index in [0.717, 1.165) is 28.0 Å². The number of amides is 1. The van der Waals surface area contributed by atoms with E-state index < -0.39 is 0 Å². The van der Waals surface area contributed by atoms with Crippen molar-refractivity contribution in [2.24, 2.45) is 7.05 Å². The molecule has 3 N–H and O–H groups in total. The molecule has 1 amide bonds. The van der Waals surface area contributed by atoms with Crippen molar-refractivity contribution in [3.05, 3.63) is 90.5 Å². The van der Waals surface area contributed by atoms with Crippen LogP contribution in [-0.2, 0) is 13.6 Å². The quantitative estimate of drug-likeness (QED) is 0.451. The molecule has 32 heavy (non-hydrogen) atoms. The molecule has 8 nitrogen and oxygen atoms in total. The van der Waals surface area contributed by atoms with Crippen molar-refractivity contribution in [3.63, 3.8) is 0 Å². The smallest absolute Gasteiger partial charge is 0.268 e. The first-order chi connectivity index (χ1) is 15.6. The summed E-state index contributed by atoms with van der Waals surface area (Å²) in [5, 5.41) is 2.95. The minimum atomic E-state index is -0.110. The van der Waals surface area contributed by atoms with Crippen LogP contribution in [0.15, 0.2) is 79.3 Å². The third kappa shape index (κ3) is 3.47. The number of nitrogen functional groups attached to an aromatic ring is 1. The first kappa shape index (κ1) is 19.5. The number of carbonyl (C=O) groups is 1. The number of carbonyl (C=O) groups excluding carboxylic acids is 1. The third-order valence-electron chi connectivity index (χ3n) is 5.32. The summed E-state index contributed by atoms with van der Waals surface area (Å²) < 4.78 is 3.76. The van der Waals surface area contributed by atoms with Crippen LogP contribution >= 0.6 is 0 Å². The highest BCUT2D eigenvalue weighted by molar-refractivity contribution is 5.92. The maximum atomic E-state index is 12.4. The predicted molar refractivity (Wildman–Crippen MR) is 123 cm³/mol. The molecule has 8 heteroatoms. The zero-order valence-corrected chi connectivity index (χ0v) is 17.4. The Kier molecular flexibility index (Phi) is 4.87. The van der Waals surface area contributed by atoms with Gasteiger partial charge in [0, 0.05) is 37.9 Å². The minimum Gasteiger partial charge on any atom is -0.383 e. The molecule has 0 aliphatic rings. The summed E-state index contributed by atoms with van der Waals surface area (Å²) in [5.74, 6) is 0.971. The van der Waals surface area contributed by atoms with Gasteiger partial charge in [0.05, 0.1) is 5.56 Å². The summed E-state index contributed by atoms with van der Waals surface area (Å²) in [6, 6.07) is 19.1. The van der Waals surface area contributed by atoms with Gasteiger partial charge in [0.25, 0.3) is 5.91 Å². The van der Waals surface area contributed by atoms with Gasteiger partial charge in [0.1, 0.15) is 17.0 Å². The molecular formula is C24H21N7O. The molecule has 0 radical (unpaired) electrons. The predicted octanol–water partition coefficient (Wildman–Crippen LogP) is 3.33. The van der Waals surface area contributed by atoms with Crippen LogP contribution in [0.3, 0.4) is 0 Å². The number of nitrogens with two attached hydrogens (primary N) is 1. The fraction of sp³-hybridized carbons (Fsp3) is 0.0833. The van der Waals surface area contributed by atoms with Crippen molar-refractivity contribution in [1.82, 2.24) is 29.4 Å². The van der Waals surface area contributed by atoms with Gasteiger partial charge < -0.3 is 15.6 Å². The summed E-state index contributed by atoms with van der Waals surface area (Å²) in [6.07, 6.45) is 5.24. The van der Waals surface area contributed by atoms with Crippen LogP contribution in [0.1, 0.15) is 16.1 Å². The van der Waals surface area contributed by atoms with Gasteiger partial charge in [0.2, 0.25) is 0 Å². The van der Waals surface area contributed by atoms with Gasteiger partial charge in [-0.3, -0.25) is 9.36 Å². The van der Waals surface area contributed by atoms with E-state index in [2.05, 4.69) is 15.3 Å². The van der Waals surface area contributed by atoms with Crippen molar-refractivity contribution in [2.45, 2.75) is 6.54 Å². The van der Waals surface area contributed by atoms with Crippen LogP contribution in [0.25, 0.3) is 28.2 Å². The van der Waals surface area contributed by atoms with Crippen molar-refractivity contribution >= 4 is 22.9 Å². The van der Waals surface area contributed by atoms with Gasteiger partial charge in [-0.25, -0.2) is 15.0 Å². The molecule has 4 heterocycles. The number of aryl methyl sites for hydroxylation is 1. The van der Waals surface area contributed by atoms with E-state index in [9.17, 15) is 4.79 Å². The molecule has 0 aliphatic heterocycles. The second kappa shape index (κ2) is 7.99. The van der Waals surface area contributed by atoms with Crippen LogP contribution in [0.5, 0.6) is 0 Å². The number of aromatic nitrogens is 5. The Morgan fingerprint density at radius 2 is 1.78 bits per heavy atom. The van der Waals surface area contributed by atoms with Gasteiger partial charge in [-0.05, 0) is 54.1 Å². The molecule has 0 aliphatic carbocycles. The number of pyridine rings is 2. The van der Waals surface area contributed by atoms with Gasteiger partial charge in [-0.1, -0.05) is 12.1 Å². The van der Waals surface area contributed by atoms with Gasteiger partial charge in [-0.15, -0.1) is 0 Å². The van der Waals surface area contributed by atoms with Crippen molar-refractivity contribution in [2.75, 3.05) is 5.73 Å². The average molecular weight is 423 g/mol. The van der Waals surface area contributed by atoms with Crippen molar-refractivity contribution < 1.29 is 4.79 Å². The van der Waals surface area contributed by atoms with E-state index in [1.807, 2.05) is 72.4 Å². The fourth-order valence-electron chi connectivity index (χ4n) is 3.68. The lowest BCUT2D eigenvalue weighted by atomic mass is 10.2. The Balaban J connectivity index is 1.47. The van der Waals surface area contributed by atoms with E-state index >= 15 is 0 Å². The zero-order chi connectivity index (χ0) is 22.1. The molecule has 0 fully saturated rings. The number of fused-ring (bicyclic) bond motifs is 1. The number of hydrogen-bond acceptors (Lipinski definition) is 5. The standard InChI is InChI=1S/C24H21N7O/c1-30-14-4-7-20(30)24(32)28-15-16-8-10-17(11-9-16)31-22(18-5-2-12-26-21(18)25)29-19-6-3-13-27-23(19)31/h2-14H,15H2,1H3,(H2,25,26)(H,28,32). The zero-order valence-electron chi connectivity index (χ0n) is 17.4. The summed E-state index contributed by atoms with van der Waals surface area (Å²) in [4.78, 5) is 25.9. The van der Waals surface area contributed by atoms with Gasteiger partial charge >= 0.3 is 0 Å². The van der Waals surface area contributed by atoms with Crippen LogP contribution in [-0.4, -0.2) is 30.0 Å². The number of imidazole rings is 1. The Hall–Kier alpha value is -4.46. The second-order valence-electron chi connectivity index (χ2n) is 7.41. The molecule has 0 saturated heterocycles. The van der Waals surface area contributed by atoms with E-state index in [4.69, 9.17) is 10.7 Å². The maximum absolute atomic E-state index is 12.4. The number of anilines is 1. The van der Waals surface area contributed by atoms with E-state index in [1.165, 1.54) is 0 Å². The largest absolute Gasteiger partial charge is 0.383 e. The minimum absolute atomic E-state index is 0.110. The molecule has 5 aromatic rings. The summed E-state index contributed by atoms with van der Waals surface area (Å²) in [7, 11) is 1.85. The number of nitrogens with one attached hydrogen (secondary N) is 1. The second-order valence-corrected chi connectivity index (χ2v) is 7.41. The normalized spacial score (nSPS) is 11.0. The molecule has 0 unspecified atom stereocenters. The fourth-order valence-corrected chi connectivity index (χ4v) is 3.68. The Morgan fingerprint density at radius 3 is 2.53 bits per heavy atom. The monoisotopic (exact) mass is 423 g/mol. The van der Waals surface area contributed by atoms with E-state index in [-0.39, 0.29) is 5.91 Å². The number of benzene rings is 1. The molecule has 0 spiro atoms. The number of rotatable bonds is 5. The van der Waals surface area contributed by atoms with E-state index in [0.29, 0.717) is 23.9 Å². The Morgan fingerprint density at radius 1 is 1.00 bits per heavy atom. The summed E-state index contributed by atoms with van der Waals surface area (Å²) in [6.45, 7) is 0.426. The highest BCUT2D eigenvalue weighted by Gasteiger charge is 2.17. The Bertz CT molecular complexity index is 1420. The van der Waals surface area contributed by atoms with E-state index in [1.54, 1.807) is 23.0 Å². The summed E-state index contributed by atoms with van der Waals surface area (Å²) in [5.41, 5.74) is 10.9. The molecule has 0 bridgehead atoms. The van der Waals surface area contributed by atoms with Gasteiger partial charge in [-0.2, -0.15) is 0 Å². The maximum Gasteiger partial charge on any atom is 0.268 e. The number of nitrogens with zero attached hydrogens (tertiary/aromatic N) is 5. The van der Waals surface area contributed by atoms with Crippen molar-refractivity contribution in [3.8, 4) is 17.1 Å². The lowest BCUT2D eigenvalue weighted by Gasteiger charge is -2.11. The van der Waals surface area contributed by atoms with Crippen LogP contribution in [0, 0.1) is 0 Å². The molecule has 5 rings (SSSR count). The lowest BCUT2D eigenvalue weighted by molar-refractivity contribution is 0.0943. The molecule has 0 atom stereocenters. The van der Waals surface area contributed by atoms with Crippen LogP contribution in [0.4, 0.5) is 5.82 Å². The van der Waals surface area contributed by atoms with Crippen LogP contribution in [0.2, 0.25) is 0 Å². The highest BCUT2D eigenvalue weighted by Crippen LogP contribution is 2.30.